The third-order valence-electron chi connectivity index (χ3n) is 4.49. The molecule has 2 aliphatic rings. The Morgan fingerprint density at radius 3 is 2.78 bits per heavy atom. The summed E-state index contributed by atoms with van der Waals surface area (Å²) in [6.45, 7) is 0.686. The minimum Gasteiger partial charge on any atom is -0.490 e. The second-order valence-corrected chi connectivity index (χ2v) is 6.21. The molecule has 3 unspecified atom stereocenters. The summed E-state index contributed by atoms with van der Waals surface area (Å²) >= 11 is 3.32. The van der Waals surface area contributed by atoms with Gasteiger partial charge in [-0.05, 0) is 54.7 Å². The van der Waals surface area contributed by atoms with Crippen LogP contribution in [-0.2, 0) is 5.33 Å². The van der Waals surface area contributed by atoms with Gasteiger partial charge in [-0.1, -0.05) is 28.4 Å². The Labute approximate surface area is 116 Å². The molecule has 2 fully saturated rings. The fourth-order valence-electron chi connectivity index (χ4n) is 3.52. The Kier molecular flexibility index (Phi) is 3.60. The summed E-state index contributed by atoms with van der Waals surface area (Å²) in [5.41, 5.74) is 0.944. The van der Waals surface area contributed by atoms with Crippen LogP contribution in [0.4, 0.5) is 4.39 Å². The number of halogens is 2. The number of hydrogen-bond acceptors (Lipinski definition) is 1. The minimum absolute atomic E-state index is 0.241. The zero-order valence-corrected chi connectivity index (χ0v) is 12.0. The zero-order valence-electron chi connectivity index (χ0n) is 10.4. The van der Waals surface area contributed by atoms with Crippen LogP contribution in [0.15, 0.2) is 18.2 Å². The van der Waals surface area contributed by atoms with Crippen molar-refractivity contribution in [2.24, 2.45) is 17.8 Å². The SMILES string of the molecule is Fc1cc(CBr)ccc1OCC1CC2CCC1C2. The topological polar surface area (TPSA) is 9.23 Å². The largest absolute Gasteiger partial charge is 0.490 e. The first-order chi connectivity index (χ1) is 8.76. The molecular formula is C15H18BrFO. The molecule has 18 heavy (non-hydrogen) atoms. The highest BCUT2D eigenvalue weighted by Crippen LogP contribution is 2.48. The van der Waals surface area contributed by atoms with Crippen LogP contribution in [0.5, 0.6) is 5.75 Å². The van der Waals surface area contributed by atoms with Gasteiger partial charge >= 0.3 is 0 Å². The molecule has 1 aromatic rings. The first kappa shape index (κ1) is 12.5. The van der Waals surface area contributed by atoms with Crippen molar-refractivity contribution in [2.45, 2.75) is 31.0 Å². The van der Waals surface area contributed by atoms with E-state index in [4.69, 9.17) is 4.74 Å². The Morgan fingerprint density at radius 1 is 1.28 bits per heavy atom. The molecule has 3 atom stereocenters. The van der Waals surface area contributed by atoms with Gasteiger partial charge in [0.1, 0.15) is 0 Å². The normalized spacial score (nSPS) is 29.8. The lowest BCUT2D eigenvalue weighted by Crippen LogP contribution is -2.18. The van der Waals surface area contributed by atoms with Crippen LogP contribution >= 0.6 is 15.9 Å². The van der Waals surface area contributed by atoms with E-state index in [0.29, 0.717) is 23.6 Å². The van der Waals surface area contributed by atoms with Crippen LogP contribution in [0.1, 0.15) is 31.2 Å². The fraction of sp³-hybridized carbons (Fsp3) is 0.600. The van der Waals surface area contributed by atoms with Gasteiger partial charge in [0.05, 0.1) is 6.61 Å². The second-order valence-electron chi connectivity index (χ2n) is 5.64. The van der Waals surface area contributed by atoms with E-state index in [1.807, 2.05) is 6.07 Å². The summed E-state index contributed by atoms with van der Waals surface area (Å²) in [7, 11) is 0. The van der Waals surface area contributed by atoms with E-state index < -0.39 is 0 Å². The van der Waals surface area contributed by atoms with Crippen LogP contribution in [0.3, 0.4) is 0 Å². The van der Waals surface area contributed by atoms with Crippen molar-refractivity contribution in [3.05, 3.63) is 29.6 Å². The standard InChI is InChI=1S/C15H18BrFO/c16-8-11-2-4-15(14(17)7-11)18-9-13-6-10-1-3-12(13)5-10/h2,4,7,10,12-13H,1,3,5-6,8-9H2. The zero-order chi connectivity index (χ0) is 12.5. The van der Waals surface area contributed by atoms with Gasteiger partial charge in [-0.25, -0.2) is 4.39 Å². The average Bonchev–Trinajstić information content (AvgIpc) is 2.99. The highest BCUT2D eigenvalue weighted by atomic mass is 79.9. The fourth-order valence-corrected chi connectivity index (χ4v) is 3.87. The van der Waals surface area contributed by atoms with Gasteiger partial charge in [-0.15, -0.1) is 0 Å². The molecule has 3 rings (SSSR count). The Hall–Kier alpha value is -0.570. The van der Waals surface area contributed by atoms with Gasteiger partial charge in [-0.2, -0.15) is 0 Å². The summed E-state index contributed by atoms with van der Waals surface area (Å²) < 4.78 is 19.4. The number of rotatable bonds is 4. The molecule has 0 aromatic heterocycles. The van der Waals surface area contributed by atoms with Crippen LogP contribution in [-0.4, -0.2) is 6.61 Å². The molecule has 0 saturated heterocycles. The monoisotopic (exact) mass is 312 g/mol. The number of alkyl halides is 1. The maximum absolute atomic E-state index is 13.8. The Balaban J connectivity index is 1.60. The van der Waals surface area contributed by atoms with Gasteiger partial charge in [0.25, 0.3) is 0 Å². The summed E-state index contributed by atoms with van der Waals surface area (Å²) in [4.78, 5) is 0. The van der Waals surface area contributed by atoms with E-state index in [0.717, 1.165) is 17.4 Å². The number of benzene rings is 1. The number of hydrogen-bond donors (Lipinski definition) is 0. The maximum atomic E-state index is 13.8. The molecule has 3 heteroatoms. The van der Waals surface area contributed by atoms with E-state index in [1.54, 1.807) is 12.1 Å². The number of ether oxygens (including phenoxy) is 1. The summed E-state index contributed by atoms with van der Waals surface area (Å²) in [6.07, 6.45) is 5.41. The average molecular weight is 313 g/mol. The van der Waals surface area contributed by atoms with E-state index >= 15 is 0 Å². The Bertz CT molecular complexity index is 435. The van der Waals surface area contributed by atoms with Crippen molar-refractivity contribution in [1.29, 1.82) is 0 Å². The summed E-state index contributed by atoms with van der Waals surface area (Å²) in [5.74, 6) is 2.57. The summed E-state index contributed by atoms with van der Waals surface area (Å²) in [6, 6.07) is 5.21. The lowest BCUT2D eigenvalue weighted by atomic mass is 9.89. The van der Waals surface area contributed by atoms with Crippen LogP contribution in [0.2, 0.25) is 0 Å². The third kappa shape index (κ3) is 2.42. The molecule has 2 aliphatic carbocycles. The van der Waals surface area contributed by atoms with Gasteiger partial charge in [0.15, 0.2) is 11.6 Å². The predicted octanol–water partition coefficient (Wildman–Crippen LogP) is 4.54. The van der Waals surface area contributed by atoms with E-state index in [-0.39, 0.29) is 5.82 Å². The van der Waals surface area contributed by atoms with E-state index in [2.05, 4.69) is 15.9 Å². The van der Waals surface area contributed by atoms with Crippen LogP contribution in [0, 0.1) is 23.6 Å². The van der Waals surface area contributed by atoms with Gasteiger partial charge in [-0.3, -0.25) is 0 Å². The van der Waals surface area contributed by atoms with E-state index in [1.165, 1.54) is 25.7 Å². The molecule has 0 N–H and O–H groups in total. The Morgan fingerprint density at radius 2 is 2.17 bits per heavy atom. The van der Waals surface area contributed by atoms with E-state index in [9.17, 15) is 4.39 Å². The molecule has 0 amide bonds. The molecular weight excluding hydrogens is 295 g/mol. The predicted molar refractivity (Wildman–Crippen MR) is 73.5 cm³/mol. The molecule has 0 radical (unpaired) electrons. The van der Waals surface area contributed by atoms with Crippen molar-refractivity contribution in [1.82, 2.24) is 0 Å². The highest BCUT2D eigenvalue weighted by Gasteiger charge is 2.39. The second kappa shape index (κ2) is 5.20. The first-order valence-electron chi connectivity index (χ1n) is 6.73. The van der Waals surface area contributed by atoms with Crippen molar-refractivity contribution in [2.75, 3.05) is 6.61 Å². The quantitative estimate of drug-likeness (QED) is 0.742. The first-order valence-corrected chi connectivity index (χ1v) is 7.85. The van der Waals surface area contributed by atoms with Crippen molar-refractivity contribution < 1.29 is 9.13 Å². The number of fused-ring (bicyclic) bond motifs is 2. The molecule has 1 aromatic carbocycles. The molecule has 2 bridgehead atoms. The van der Waals surface area contributed by atoms with Crippen molar-refractivity contribution in [3.8, 4) is 5.75 Å². The summed E-state index contributed by atoms with van der Waals surface area (Å²) in [5, 5.41) is 0.677. The third-order valence-corrected chi connectivity index (χ3v) is 5.14. The van der Waals surface area contributed by atoms with Gasteiger partial charge in [0, 0.05) is 5.33 Å². The molecule has 1 nitrogen and oxygen atoms in total. The van der Waals surface area contributed by atoms with Crippen molar-refractivity contribution in [3.63, 3.8) is 0 Å². The van der Waals surface area contributed by atoms with Crippen LogP contribution in [0.25, 0.3) is 0 Å². The van der Waals surface area contributed by atoms with Gasteiger partial charge < -0.3 is 4.74 Å². The lowest BCUT2D eigenvalue weighted by Gasteiger charge is -2.21. The molecule has 2 saturated carbocycles. The molecule has 0 aliphatic heterocycles. The lowest BCUT2D eigenvalue weighted by molar-refractivity contribution is 0.189. The van der Waals surface area contributed by atoms with Gasteiger partial charge in [0.2, 0.25) is 0 Å². The molecule has 0 heterocycles. The minimum atomic E-state index is -0.241. The van der Waals surface area contributed by atoms with Crippen LogP contribution < -0.4 is 4.74 Å². The molecule has 98 valence electrons. The highest BCUT2D eigenvalue weighted by molar-refractivity contribution is 9.08. The molecule has 0 spiro atoms. The maximum Gasteiger partial charge on any atom is 0.165 e. The smallest absolute Gasteiger partial charge is 0.165 e. The van der Waals surface area contributed by atoms with Crippen molar-refractivity contribution >= 4 is 15.9 Å².